The first-order valence-corrected chi connectivity index (χ1v) is 5.54. The van der Waals surface area contributed by atoms with Crippen LogP contribution in [0, 0.1) is 6.92 Å². The van der Waals surface area contributed by atoms with E-state index in [0.29, 0.717) is 12.1 Å². The molecule has 1 rings (SSSR count). The Morgan fingerprint density at radius 2 is 2.40 bits per heavy atom. The molecule has 0 aromatic carbocycles. The number of carbonyl (C=O) groups is 1. The van der Waals surface area contributed by atoms with E-state index in [1.165, 1.54) is 6.26 Å². The molecule has 0 saturated carbocycles. The van der Waals surface area contributed by atoms with Crippen LogP contribution >= 0.6 is 11.6 Å². The fourth-order valence-electron chi connectivity index (χ4n) is 1.21. The van der Waals surface area contributed by atoms with Crippen LogP contribution in [0.3, 0.4) is 0 Å². The molecule has 0 spiro atoms. The molecule has 1 aromatic heterocycles. The van der Waals surface area contributed by atoms with Crippen LogP contribution in [0.4, 0.5) is 0 Å². The first-order chi connectivity index (χ1) is 7.13. The number of hydrogen-bond acceptors (Lipinski definition) is 2. The van der Waals surface area contributed by atoms with Crippen molar-refractivity contribution in [2.24, 2.45) is 0 Å². The van der Waals surface area contributed by atoms with E-state index in [1.54, 1.807) is 6.07 Å². The highest BCUT2D eigenvalue weighted by Gasteiger charge is 2.08. The van der Waals surface area contributed by atoms with Gasteiger partial charge in [0.2, 0.25) is 0 Å². The molecule has 0 aliphatic heterocycles. The Morgan fingerprint density at radius 1 is 1.67 bits per heavy atom. The third-order valence-electron chi connectivity index (χ3n) is 2.18. The molecule has 1 N–H and O–H groups in total. The molecule has 84 valence electrons. The van der Waals surface area contributed by atoms with Crippen molar-refractivity contribution >= 4 is 17.5 Å². The maximum Gasteiger partial charge on any atom is 0.254 e. The molecule has 15 heavy (non-hydrogen) atoms. The Hall–Kier alpha value is -0.960. The lowest BCUT2D eigenvalue weighted by Crippen LogP contribution is -2.25. The minimum absolute atomic E-state index is 0.105. The number of nitrogens with one attached hydrogen (secondary N) is 1. The fraction of sp³-hybridized carbons (Fsp3) is 0.545. The molecule has 0 fully saturated rings. The largest absolute Gasteiger partial charge is 0.469 e. The summed E-state index contributed by atoms with van der Waals surface area (Å²) in [5.74, 6) is 0.635. The number of carbonyl (C=O) groups excluding carboxylic acids is 1. The smallest absolute Gasteiger partial charge is 0.254 e. The topological polar surface area (TPSA) is 42.2 Å². The normalized spacial score (nSPS) is 12.5. The second-order valence-corrected chi connectivity index (χ2v) is 4.11. The number of rotatable bonds is 5. The van der Waals surface area contributed by atoms with Gasteiger partial charge in [-0.1, -0.05) is 6.92 Å². The molecular formula is C11H16ClNO2. The Morgan fingerprint density at radius 3 is 2.93 bits per heavy atom. The van der Waals surface area contributed by atoms with E-state index in [9.17, 15) is 4.79 Å². The third kappa shape index (κ3) is 3.96. The highest BCUT2D eigenvalue weighted by molar-refractivity contribution is 6.20. The minimum atomic E-state index is -0.105. The summed E-state index contributed by atoms with van der Waals surface area (Å²) < 4.78 is 5.05. The zero-order valence-corrected chi connectivity index (χ0v) is 9.80. The molecule has 0 aliphatic rings. The first-order valence-electron chi connectivity index (χ1n) is 5.11. The van der Waals surface area contributed by atoms with E-state index in [4.69, 9.17) is 16.0 Å². The number of furan rings is 1. The fourth-order valence-corrected chi connectivity index (χ4v) is 1.32. The predicted molar refractivity (Wildman–Crippen MR) is 60.3 cm³/mol. The standard InChI is InChI=1S/C11H16ClNO2/c1-3-10(12)4-5-13-11(14)9-6-8(2)15-7-9/h6-7,10H,3-5H2,1-2H3,(H,13,14). The Bertz CT molecular complexity index is 322. The van der Waals surface area contributed by atoms with Crippen LogP contribution in [-0.4, -0.2) is 17.8 Å². The second kappa shape index (κ2) is 5.81. The molecular weight excluding hydrogens is 214 g/mol. The van der Waals surface area contributed by atoms with Crippen LogP contribution in [0.15, 0.2) is 16.7 Å². The maximum absolute atomic E-state index is 11.5. The van der Waals surface area contributed by atoms with E-state index in [1.807, 2.05) is 13.8 Å². The van der Waals surface area contributed by atoms with Gasteiger partial charge in [0.25, 0.3) is 5.91 Å². The molecule has 4 heteroatoms. The van der Waals surface area contributed by atoms with E-state index in [2.05, 4.69) is 5.32 Å². The number of hydrogen-bond donors (Lipinski definition) is 1. The Balaban J connectivity index is 2.31. The highest BCUT2D eigenvalue weighted by Crippen LogP contribution is 2.07. The van der Waals surface area contributed by atoms with Gasteiger partial charge in [-0.15, -0.1) is 11.6 Å². The molecule has 0 bridgehead atoms. The first kappa shape index (κ1) is 12.1. The molecule has 1 atom stereocenters. The lowest BCUT2D eigenvalue weighted by Gasteiger charge is -2.06. The van der Waals surface area contributed by atoms with Gasteiger partial charge < -0.3 is 9.73 Å². The van der Waals surface area contributed by atoms with Crippen molar-refractivity contribution in [1.29, 1.82) is 0 Å². The van der Waals surface area contributed by atoms with Crippen molar-refractivity contribution in [3.8, 4) is 0 Å². The van der Waals surface area contributed by atoms with Crippen LogP contribution in [0.25, 0.3) is 0 Å². The van der Waals surface area contributed by atoms with Crippen LogP contribution in [0.5, 0.6) is 0 Å². The van der Waals surface area contributed by atoms with Gasteiger partial charge in [0, 0.05) is 11.9 Å². The molecule has 0 radical (unpaired) electrons. The van der Waals surface area contributed by atoms with Crippen LogP contribution in [0.2, 0.25) is 0 Å². The van der Waals surface area contributed by atoms with Crippen molar-refractivity contribution in [2.45, 2.75) is 32.1 Å². The number of aryl methyl sites for hydroxylation is 1. The van der Waals surface area contributed by atoms with Crippen molar-refractivity contribution < 1.29 is 9.21 Å². The quantitative estimate of drug-likeness (QED) is 0.789. The number of halogens is 1. The summed E-state index contributed by atoms with van der Waals surface area (Å²) in [5, 5.41) is 2.93. The average molecular weight is 230 g/mol. The minimum Gasteiger partial charge on any atom is -0.469 e. The summed E-state index contributed by atoms with van der Waals surface area (Å²) in [7, 11) is 0. The molecule has 1 unspecified atom stereocenters. The summed E-state index contributed by atoms with van der Waals surface area (Å²) in [6.45, 7) is 4.44. The van der Waals surface area contributed by atoms with Gasteiger partial charge in [-0.05, 0) is 25.8 Å². The van der Waals surface area contributed by atoms with Crippen LogP contribution < -0.4 is 5.32 Å². The van der Waals surface area contributed by atoms with Crippen LogP contribution in [0.1, 0.15) is 35.9 Å². The van der Waals surface area contributed by atoms with E-state index < -0.39 is 0 Å². The van der Waals surface area contributed by atoms with E-state index in [-0.39, 0.29) is 11.3 Å². The highest BCUT2D eigenvalue weighted by atomic mass is 35.5. The third-order valence-corrected chi connectivity index (χ3v) is 2.71. The molecule has 1 aromatic rings. The summed E-state index contributed by atoms with van der Waals surface area (Å²) in [6, 6.07) is 1.72. The zero-order chi connectivity index (χ0) is 11.3. The SMILES string of the molecule is CCC(Cl)CCNC(=O)c1coc(C)c1. The zero-order valence-electron chi connectivity index (χ0n) is 9.05. The Labute approximate surface area is 94.8 Å². The van der Waals surface area contributed by atoms with E-state index >= 15 is 0 Å². The lowest BCUT2D eigenvalue weighted by molar-refractivity contribution is 0.0952. The van der Waals surface area contributed by atoms with Gasteiger partial charge in [0.15, 0.2) is 0 Å². The molecule has 3 nitrogen and oxygen atoms in total. The monoisotopic (exact) mass is 229 g/mol. The number of amides is 1. The van der Waals surface area contributed by atoms with Crippen molar-refractivity contribution in [1.82, 2.24) is 5.32 Å². The van der Waals surface area contributed by atoms with Gasteiger partial charge in [-0.25, -0.2) is 0 Å². The predicted octanol–water partition coefficient (Wildman–Crippen LogP) is 2.73. The molecule has 1 amide bonds. The molecule has 0 saturated heterocycles. The number of alkyl halides is 1. The summed E-state index contributed by atoms with van der Waals surface area (Å²) in [4.78, 5) is 11.5. The van der Waals surface area contributed by atoms with Crippen molar-refractivity contribution in [3.63, 3.8) is 0 Å². The van der Waals surface area contributed by atoms with E-state index in [0.717, 1.165) is 18.6 Å². The second-order valence-electron chi connectivity index (χ2n) is 3.50. The lowest BCUT2D eigenvalue weighted by atomic mass is 10.2. The maximum atomic E-state index is 11.5. The van der Waals surface area contributed by atoms with Gasteiger partial charge in [0.1, 0.15) is 12.0 Å². The molecule has 0 aliphatic carbocycles. The summed E-state index contributed by atoms with van der Waals surface area (Å²) in [5.41, 5.74) is 0.565. The van der Waals surface area contributed by atoms with Gasteiger partial charge >= 0.3 is 0 Å². The van der Waals surface area contributed by atoms with Gasteiger partial charge in [-0.2, -0.15) is 0 Å². The summed E-state index contributed by atoms with van der Waals surface area (Å²) in [6.07, 6.45) is 3.17. The van der Waals surface area contributed by atoms with Crippen molar-refractivity contribution in [3.05, 3.63) is 23.7 Å². The van der Waals surface area contributed by atoms with Gasteiger partial charge in [-0.3, -0.25) is 4.79 Å². The average Bonchev–Trinajstić information content (AvgIpc) is 2.64. The Kier molecular flexibility index (Phi) is 4.69. The van der Waals surface area contributed by atoms with Crippen LogP contribution in [-0.2, 0) is 0 Å². The summed E-state index contributed by atoms with van der Waals surface area (Å²) >= 11 is 5.93. The van der Waals surface area contributed by atoms with Crippen molar-refractivity contribution in [2.75, 3.05) is 6.54 Å². The molecule has 1 heterocycles. The van der Waals surface area contributed by atoms with Gasteiger partial charge in [0.05, 0.1) is 5.56 Å².